The van der Waals surface area contributed by atoms with Crippen LogP contribution in [-0.2, 0) is 42.9 Å². The number of aromatic nitrogens is 4. The standard InChI is InChI=1S/C17H30N2O6.C13H19N5O3.C8H14O4.C6H9N3O/c1-14(2)16(21)24-12-10-23-11-13-25-17(22)19-9-7-5-4-6-8-18-15(3)20;1-10-8-11(20)17-12(16-10)18-13(21)15-7-5-3-2-4-6-14-9-19;1-7(2)8(10)12-6-5-11-4-3-9;1-4-3-5(10)9-6(7-2)8-4/h1,4-13H2,2-3H3,(H,18,20)(H,19,22);8H,2-7H2,1H3,(H3,15,16,17,18,20,21);9H,1,3-6H2,2H3;3H,1-2H3,(H2,7,8,9,10). The van der Waals surface area contributed by atoms with Crippen molar-refractivity contribution < 1.29 is 57.6 Å². The zero-order chi connectivity index (χ0) is 51.4. The Morgan fingerprint density at radius 2 is 1.12 bits per heavy atom. The number of esters is 2. The van der Waals surface area contributed by atoms with Gasteiger partial charge in [-0.25, -0.2) is 38.9 Å². The second-order valence-corrected chi connectivity index (χ2v) is 14.2. The SMILES string of the molecule is C=C(C)C(=O)OCCOCCO.C=C(C)C(=O)OCCOCCOC(=O)NCCCCCCNC(C)=O.CNc1nc(C)cc(=O)[nH]1.Cc1cc(=O)[nH]c(NC(=O)NCCCCCCN=C=O)n1. The average molecular weight is 965 g/mol. The van der Waals surface area contributed by atoms with Crippen molar-refractivity contribution in [2.75, 3.05) is 96.7 Å². The molecule has 2 aromatic rings. The van der Waals surface area contributed by atoms with Gasteiger partial charge in [0.25, 0.3) is 11.1 Å². The molecule has 0 unspecified atom stereocenters. The molecule has 4 amide bonds. The van der Waals surface area contributed by atoms with Crippen molar-refractivity contribution in [2.24, 2.45) is 4.99 Å². The zero-order valence-electron chi connectivity index (χ0n) is 40.3. The monoisotopic (exact) mass is 965 g/mol. The van der Waals surface area contributed by atoms with Gasteiger partial charge >= 0.3 is 24.1 Å². The summed E-state index contributed by atoms with van der Waals surface area (Å²) in [6, 6.07) is 2.38. The lowest BCUT2D eigenvalue weighted by Gasteiger charge is -2.08. The summed E-state index contributed by atoms with van der Waals surface area (Å²) in [5.74, 6) is -0.243. The van der Waals surface area contributed by atoms with Crippen LogP contribution in [0, 0.1) is 13.8 Å². The van der Waals surface area contributed by atoms with Crippen LogP contribution in [0.4, 0.5) is 21.5 Å². The van der Waals surface area contributed by atoms with E-state index in [1.54, 1.807) is 34.7 Å². The lowest BCUT2D eigenvalue weighted by Crippen LogP contribution is -2.31. The second kappa shape index (κ2) is 42.9. The first-order valence-electron chi connectivity index (χ1n) is 21.9. The number of carbonyl (C=O) groups is 5. The predicted octanol–water partition coefficient (Wildman–Crippen LogP) is 2.88. The minimum atomic E-state index is -0.476. The molecule has 0 aliphatic heterocycles. The fraction of sp³-hybridized carbons (Fsp3) is 0.591. The molecule has 0 fully saturated rings. The maximum Gasteiger partial charge on any atom is 0.407 e. The zero-order valence-corrected chi connectivity index (χ0v) is 40.3. The number of aromatic amines is 2. The molecule has 382 valence electrons. The summed E-state index contributed by atoms with van der Waals surface area (Å²) in [5.41, 5.74) is 1.53. The number of aryl methyl sites for hydroxylation is 2. The fourth-order valence-electron chi connectivity index (χ4n) is 4.61. The number of rotatable bonds is 29. The number of aliphatic hydroxyl groups excluding tert-OH is 1. The molecule has 0 saturated heterocycles. The molecule has 24 nitrogen and oxygen atoms in total. The van der Waals surface area contributed by atoms with Gasteiger partial charge in [-0.15, -0.1) is 0 Å². The third-order valence-corrected chi connectivity index (χ3v) is 7.82. The lowest BCUT2D eigenvalue weighted by molar-refractivity contribution is -0.141. The molecule has 0 radical (unpaired) electrons. The number of anilines is 2. The molecule has 0 spiro atoms. The van der Waals surface area contributed by atoms with Crippen LogP contribution in [0.25, 0.3) is 0 Å². The molecule has 8 N–H and O–H groups in total. The van der Waals surface area contributed by atoms with Crippen molar-refractivity contribution in [3.8, 4) is 0 Å². The van der Waals surface area contributed by atoms with Crippen LogP contribution >= 0.6 is 0 Å². The van der Waals surface area contributed by atoms with E-state index in [4.69, 9.17) is 28.8 Å². The van der Waals surface area contributed by atoms with E-state index < -0.39 is 24.1 Å². The Morgan fingerprint density at radius 3 is 1.59 bits per heavy atom. The van der Waals surface area contributed by atoms with Gasteiger partial charge in [0.1, 0.15) is 19.8 Å². The van der Waals surface area contributed by atoms with Crippen LogP contribution in [0.15, 0.2) is 51.0 Å². The number of hydrogen-bond acceptors (Lipinski definition) is 18. The minimum Gasteiger partial charge on any atom is -0.460 e. The van der Waals surface area contributed by atoms with Crippen molar-refractivity contribution in [3.63, 3.8) is 0 Å². The first-order chi connectivity index (χ1) is 32.4. The van der Waals surface area contributed by atoms with Crippen molar-refractivity contribution in [2.45, 2.75) is 86.0 Å². The van der Waals surface area contributed by atoms with Crippen LogP contribution < -0.4 is 37.7 Å². The van der Waals surface area contributed by atoms with E-state index in [0.29, 0.717) is 61.3 Å². The number of unbranched alkanes of at least 4 members (excludes halogenated alkanes) is 6. The molecule has 0 bridgehead atoms. The van der Waals surface area contributed by atoms with Gasteiger partial charge < -0.3 is 50.1 Å². The number of carbonyl (C=O) groups excluding carboxylic acids is 6. The molecule has 24 heteroatoms. The van der Waals surface area contributed by atoms with Gasteiger partial charge in [-0.1, -0.05) is 38.8 Å². The Bertz CT molecular complexity index is 1950. The Hall–Kier alpha value is -6.75. The number of hydrogen-bond donors (Lipinski definition) is 8. The molecule has 2 heterocycles. The predicted molar refractivity (Wildman–Crippen MR) is 254 cm³/mol. The Kier molecular flexibility index (Phi) is 39.9. The smallest absolute Gasteiger partial charge is 0.407 e. The number of isocyanates is 1. The molecule has 0 atom stereocenters. The highest BCUT2D eigenvalue weighted by Gasteiger charge is 2.06. The normalized spacial score (nSPS) is 9.75. The highest BCUT2D eigenvalue weighted by Crippen LogP contribution is 2.01. The summed E-state index contributed by atoms with van der Waals surface area (Å²) in [6.07, 6.45) is 8.35. The van der Waals surface area contributed by atoms with Crippen LogP contribution in [0.3, 0.4) is 0 Å². The van der Waals surface area contributed by atoms with E-state index in [1.165, 1.54) is 25.1 Å². The number of H-pyrrole nitrogens is 2. The van der Waals surface area contributed by atoms with Gasteiger partial charge in [0.2, 0.25) is 23.9 Å². The van der Waals surface area contributed by atoms with Crippen LogP contribution in [-0.4, -0.2) is 147 Å². The maximum atomic E-state index is 11.6. The average Bonchev–Trinajstić information content (AvgIpc) is 3.27. The molecule has 0 saturated carbocycles. The van der Waals surface area contributed by atoms with Crippen molar-refractivity contribution in [1.29, 1.82) is 0 Å². The van der Waals surface area contributed by atoms with Crippen LogP contribution in [0.2, 0.25) is 0 Å². The Balaban J connectivity index is 0. The van der Waals surface area contributed by atoms with Gasteiger partial charge in [-0.2, -0.15) is 0 Å². The number of amides is 4. The molecule has 0 aliphatic carbocycles. The van der Waals surface area contributed by atoms with Gasteiger partial charge in [0, 0.05) is 68.3 Å². The van der Waals surface area contributed by atoms with Gasteiger partial charge in [-0.3, -0.25) is 29.7 Å². The largest absolute Gasteiger partial charge is 0.460 e. The molecular formula is C44H72N10O14. The molecule has 2 aromatic heterocycles. The Labute approximate surface area is 396 Å². The molecule has 2 rings (SSSR count). The van der Waals surface area contributed by atoms with Crippen molar-refractivity contribution in [1.82, 2.24) is 35.9 Å². The number of nitrogens with one attached hydrogen (secondary N) is 7. The maximum absolute atomic E-state index is 11.6. The first-order valence-corrected chi connectivity index (χ1v) is 21.9. The second-order valence-electron chi connectivity index (χ2n) is 14.2. The van der Waals surface area contributed by atoms with Crippen LogP contribution in [0.5, 0.6) is 0 Å². The minimum absolute atomic E-state index is 0.0127. The van der Waals surface area contributed by atoms with Gasteiger partial charge in [0.05, 0.1) is 39.6 Å². The third-order valence-electron chi connectivity index (χ3n) is 7.82. The summed E-state index contributed by atoms with van der Waals surface area (Å²) in [6.45, 7) is 18.8. The third kappa shape index (κ3) is 41.9. The van der Waals surface area contributed by atoms with E-state index in [2.05, 4.69) is 64.7 Å². The summed E-state index contributed by atoms with van der Waals surface area (Å²) in [7, 11) is 1.71. The van der Waals surface area contributed by atoms with E-state index in [-0.39, 0.29) is 69.2 Å². The van der Waals surface area contributed by atoms with Gasteiger partial charge in [-0.05, 0) is 53.4 Å². The summed E-state index contributed by atoms with van der Waals surface area (Å²) in [5, 5.41) is 21.6. The summed E-state index contributed by atoms with van der Waals surface area (Å²) < 4.78 is 24.5. The highest BCUT2D eigenvalue weighted by atomic mass is 16.6. The van der Waals surface area contributed by atoms with E-state index in [1.807, 2.05) is 0 Å². The molecule has 0 aromatic carbocycles. The Morgan fingerprint density at radius 1 is 0.662 bits per heavy atom. The van der Waals surface area contributed by atoms with E-state index in [9.17, 15) is 38.4 Å². The van der Waals surface area contributed by atoms with E-state index in [0.717, 1.165) is 51.4 Å². The van der Waals surface area contributed by atoms with Crippen molar-refractivity contribution in [3.05, 3.63) is 68.5 Å². The molecule has 0 aliphatic rings. The molecular weight excluding hydrogens is 893 g/mol. The van der Waals surface area contributed by atoms with Crippen molar-refractivity contribution >= 4 is 47.9 Å². The highest BCUT2D eigenvalue weighted by molar-refractivity contribution is 5.87. The number of aliphatic imine (C=N–C) groups is 1. The molecule has 68 heavy (non-hydrogen) atoms. The first kappa shape index (κ1) is 63.3. The topological polar surface area (TPSA) is 333 Å². The lowest BCUT2D eigenvalue weighted by atomic mass is 10.2. The summed E-state index contributed by atoms with van der Waals surface area (Å²) in [4.78, 5) is 104. The van der Waals surface area contributed by atoms with E-state index >= 15 is 0 Å². The quantitative estimate of drug-likeness (QED) is 0.0145. The van der Waals surface area contributed by atoms with Crippen LogP contribution in [0.1, 0.15) is 83.5 Å². The summed E-state index contributed by atoms with van der Waals surface area (Å²) >= 11 is 0. The number of ether oxygens (including phenoxy) is 5. The number of aliphatic hydroxyl groups is 1. The number of urea groups is 1. The number of nitrogens with zero attached hydrogens (tertiary/aromatic N) is 3. The fourth-order valence-corrected chi connectivity index (χ4v) is 4.61. The van der Waals surface area contributed by atoms with Gasteiger partial charge in [0.15, 0.2) is 0 Å². The number of alkyl carbamates (subject to hydrolysis) is 1.